The van der Waals surface area contributed by atoms with Crippen molar-refractivity contribution in [2.75, 3.05) is 0 Å². The quantitative estimate of drug-likeness (QED) is 0.834. The molecular weight excluding hydrogens is 282 g/mol. The van der Waals surface area contributed by atoms with Gasteiger partial charge in [-0.3, -0.25) is 4.79 Å². The Morgan fingerprint density at radius 1 is 1.48 bits per heavy atom. The van der Waals surface area contributed by atoms with Crippen LogP contribution in [-0.2, 0) is 4.79 Å². The van der Waals surface area contributed by atoms with E-state index in [0.717, 1.165) is 22.3 Å². The van der Waals surface area contributed by atoms with Crippen molar-refractivity contribution < 1.29 is 9.21 Å². The molecule has 2 heterocycles. The van der Waals surface area contributed by atoms with Crippen molar-refractivity contribution in [1.82, 2.24) is 5.32 Å². The van der Waals surface area contributed by atoms with Crippen molar-refractivity contribution in [3.8, 4) is 0 Å². The second-order valence-electron chi connectivity index (χ2n) is 5.64. The van der Waals surface area contributed by atoms with Crippen LogP contribution in [0, 0.1) is 5.92 Å². The number of carbonyl (C=O) groups is 1. The van der Waals surface area contributed by atoms with E-state index in [-0.39, 0.29) is 11.9 Å². The average Bonchev–Trinajstić information content (AvgIpc) is 2.93. The number of thiophene rings is 1. The van der Waals surface area contributed by atoms with Gasteiger partial charge in [-0.05, 0) is 48.9 Å². The van der Waals surface area contributed by atoms with Gasteiger partial charge in [-0.15, -0.1) is 11.3 Å². The zero-order valence-corrected chi connectivity index (χ0v) is 13.0. The highest BCUT2D eigenvalue weighted by atomic mass is 32.1. The van der Waals surface area contributed by atoms with Gasteiger partial charge < -0.3 is 9.73 Å². The third-order valence-corrected chi connectivity index (χ3v) is 4.91. The van der Waals surface area contributed by atoms with Gasteiger partial charge in [0.1, 0.15) is 11.5 Å². The van der Waals surface area contributed by atoms with Gasteiger partial charge in [0, 0.05) is 16.9 Å². The van der Waals surface area contributed by atoms with Crippen molar-refractivity contribution in [1.29, 1.82) is 0 Å². The molecule has 1 aliphatic carbocycles. The van der Waals surface area contributed by atoms with Gasteiger partial charge in [0.25, 0.3) is 0 Å². The highest BCUT2D eigenvalue weighted by Crippen LogP contribution is 2.47. The van der Waals surface area contributed by atoms with Gasteiger partial charge in [-0.2, -0.15) is 0 Å². The maximum Gasteiger partial charge on any atom is 0.244 e. The topological polar surface area (TPSA) is 42.2 Å². The Hall–Kier alpha value is -1.81. The molecule has 0 radical (unpaired) electrons. The molecule has 21 heavy (non-hydrogen) atoms. The third-order valence-electron chi connectivity index (χ3n) is 3.85. The molecule has 2 aromatic heterocycles. The average molecular weight is 301 g/mol. The first-order valence-electron chi connectivity index (χ1n) is 7.25. The Balaban J connectivity index is 1.55. The van der Waals surface area contributed by atoms with Gasteiger partial charge in [-0.25, -0.2) is 0 Å². The minimum absolute atomic E-state index is 0.0293. The molecule has 1 aliphatic rings. The van der Waals surface area contributed by atoms with Gasteiger partial charge in [0.2, 0.25) is 5.91 Å². The number of hydrogen-bond donors (Lipinski definition) is 1. The van der Waals surface area contributed by atoms with E-state index in [1.807, 2.05) is 36.6 Å². The van der Waals surface area contributed by atoms with Crippen LogP contribution in [0.4, 0.5) is 0 Å². The number of carbonyl (C=O) groups excluding carboxylic acids is 1. The summed E-state index contributed by atoms with van der Waals surface area (Å²) in [5, 5.41) is 4.96. The van der Waals surface area contributed by atoms with Crippen LogP contribution in [-0.4, -0.2) is 5.91 Å². The van der Waals surface area contributed by atoms with E-state index in [1.54, 1.807) is 17.4 Å². The molecule has 3 unspecified atom stereocenters. The van der Waals surface area contributed by atoms with E-state index >= 15 is 0 Å². The first kappa shape index (κ1) is 14.1. The van der Waals surface area contributed by atoms with Crippen molar-refractivity contribution in [3.63, 3.8) is 0 Å². The van der Waals surface area contributed by atoms with E-state index in [1.165, 1.54) is 12.5 Å². The van der Waals surface area contributed by atoms with Crippen LogP contribution in [0.15, 0.2) is 40.1 Å². The maximum atomic E-state index is 11.9. The molecule has 1 amide bonds. The molecule has 3 rings (SSSR count). The van der Waals surface area contributed by atoms with Crippen molar-refractivity contribution in [3.05, 3.63) is 52.1 Å². The lowest BCUT2D eigenvalue weighted by Crippen LogP contribution is -2.23. The summed E-state index contributed by atoms with van der Waals surface area (Å²) in [7, 11) is 0. The lowest BCUT2D eigenvalue weighted by atomic mass is 10.2. The fraction of sp³-hybridized carbons (Fsp3) is 0.353. The van der Waals surface area contributed by atoms with E-state index < -0.39 is 0 Å². The van der Waals surface area contributed by atoms with Crippen LogP contribution in [0.25, 0.3) is 6.08 Å². The second kappa shape index (κ2) is 5.90. The number of hydrogen-bond acceptors (Lipinski definition) is 3. The highest BCUT2D eigenvalue weighted by molar-refractivity contribution is 7.10. The van der Waals surface area contributed by atoms with Crippen LogP contribution in [0.3, 0.4) is 0 Å². The first-order valence-corrected chi connectivity index (χ1v) is 8.13. The summed E-state index contributed by atoms with van der Waals surface area (Å²) in [6.45, 7) is 4.21. The van der Waals surface area contributed by atoms with E-state index in [0.29, 0.717) is 5.92 Å². The number of nitrogens with one attached hydrogen (secondary N) is 1. The van der Waals surface area contributed by atoms with E-state index in [4.69, 9.17) is 4.42 Å². The van der Waals surface area contributed by atoms with E-state index in [9.17, 15) is 4.79 Å². The van der Waals surface area contributed by atoms with Gasteiger partial charge in [0.15, 0.2) is 0 Å². The molecule has 1 fully saturated rings. The van der Waals surface area contributed by atoms with Crippen LogP contribution >= 0.6 is 11.3 Å². The summed E-state index contributed by atoms with van der Waals surface area (Å²) in [5.41, 5.74) is 0. The summed E-state index contributed by atoms with van der Waals surface area (Å²) < 4.78 is 5.74. The predicted octanol–water partition coefficient (Wildman–Crippen LogP) is 4.36. The molecule has 3 nitrogen and oxygen atoms in total. The lowest BCUT2D eigenvalue weighted by molar-refractivity contribution is -0.117. The Kier molecular flexibility index (Phi) is 3.97. The van der Waals surface area contributed by atoms with Crippen molar-refractivity contribution >= 4 is 23.3 Å². The molecule has 0 saturated heterocycles. The van der Waals surface area contributed by atoms with Gasteiger partial charge in [-0.1, -0.05) is 13.0 Å². The van der Waals surface area contributed by atoms with Gasteiger partial charge in [0.05, 0.1) is 6.04 Å². The smallest absolute Gasteiger partial charge is 0.244 e. The molecular formula is C17H19NO2S. The molecule has 0 spiro atoms. The van der Waals surface area contributed by atoms with Gasteiger partial charge >= 0.3 is 0 Å². The standard InChI is InChI=1S/C17H19NO2S/c1-11-10-14(11)15-7-5-13(20-15)6-8-17(19)18-12(2)16-4-3-9-21-16/h3-9,11-12,14H,10H2,1-2H3,(H,18,19). The van der Waals surface area contributed by atoms with Crippen LogP contribution < -0.4 is 5.32 Å². The molecule has 0 aliphatic heterocycles. The zero-order valence-electron chi connectivity index (χ0n) is 12.2. The molecule has 0 bridgehead atoms. The highest BCUT2D eigenvalue weighted by Gasteiger charge is 2.36. The van der Waals surface area contributed by atoms with Crippen LogP contribution in [0.2, 0.25) is 0 Å². The number of furan rings is 1. The summed E-state index contributed by atoms with van der Waals surface area (Å²) >= 11 is 1.64. The summed E-state index contributed by atoms with van der Waals surface area (Å²) in [6.07, 6.45) is 4.46. The Morgan fingerprint density at radius 2 is 2.29 bits per heavy atom. The summed E-state index contributed by atoms with van der Waals surface area (Å²) in [6, 6.07) is 7.98. The number of rotatable bonds is 5. The lowest BCUT2D eigenvalue weighted by Gasteiger charge is -2.09. The van der Waals surface area contributed by atoms with Crippen molar-refractivity contribution in [2.45, 2.75) is 32.2 Å². The largest absolute Gasteiger partial charge is 0.461 e. The molecule has 2 aromatic rings. The fourth-order valence-corrected chi connectivity index (χ4v) is 3.14. The second-order valence-corrected chi connectivity index (χ2v) is 6.62. The minimum atomic E-state index is -0.103. The van der Waals surface area contributed by atoms with Crippen LogP contribution in [0.1, 0.15) is 48.6 Å². The molecule has 1 N–H and O–H groups in total. The normalized spacial score (nSPS) is 22.4. The Labute approximate surface area is 128 Å². The molecule has 0 aromatic carbocycles. The Morgan fingerprint density at radius 3 is 2.95 bits per heavy atom. The zero-order chi connectivity index (χ0) is 14.8. The predicted molar refractivity (Wildman–Crippen MR) is 85.1 cm³/mol. The van der Waals surface area contributed by atoms with E-state index in [2.05, 4.69) is 12.2 Å². The van der Waals surface area contributed by atoms with Crippen molar-refractivity contribution in [2.24, 2.45) is 5.92 Å². The monoisotopic (exact) mass is 301 g/mol. The fourth-order valence-electron chi connectivity index (χ4n) is 2.40. The first-order chi connectivity index (χ1) is 10.1. The summed E-state index contributed by atoms with van der Waals surface area (Å²) in [5.74, 6) is 2.97. The number of amides is 1. The molecule has 1 saturated carbocycles. The third kappa shape index (κ3) is 3.45. The summed E-state index contributed by atoms with van der Waals surface area (Å²) in [4.78, 5) is 13.0. The van der Waals surface area contributed by atoms with Crippen LogP contribution in [0.5, 0.6) is 0 Å². The Bertz CT molecular complexity index is 642. The minimum Gasteiger partial charge on any atom is -0.461 e. The SMILES string of the molecule is CC(NC(=O)C=Cc1ccc(C2CC2C)o1)c1cccs1. The maximum absolute atomic E-state index is 11.9. The molecule has 4 heteroatoms. The molecule has 3 atom stereocenters. The molecule has 110 valence electrons.